The van der Waals surface area contributed by atoms with E-state index in [1.165, 1.54) is 5.56 Å². The van der Waals surface area contributed by atoms with Gasteiger partial charge >= 0.3 is 0 Å². The van der Waals surface area contributed by atoms with Crippen LogP contribution in [0.3, 0.4) is 0 Å². The molecule has 2 heterocycles. The van der Waals surface area contributed by atoms with Gasteiger partial charge in [0, 0.05) is 11.8 Å². The minimum Gasteiger partial charge on any atom is -0.454 e. The molecule has 0 bridgehead atoms. The first-order valence-corrected chi connectivity index (χ1v) is 7.34. The van der Waals surface area contributed by atoms with E-state index in [0.29, 0.717) is 12.0 Å². The van der Waals surface area contributed by atoms with Gasteiger partial charge in [-0.25, -0.2) is 0 Å². The maximum atomic E-state index is 5.41. The first kappa shape index (κ1) is 12.2. The smallest absolute Gasteiger partial charge is 0.231 e. The van der Waals surface area contributed by atoms with E-state index in [1.807, 2.05) is 17.8 Å². The van der Waals surface area contributed by atoms with Gasteiger partial charge in [0.05, 0.1) is 4.87 Å². The molecular formula is C14H19NO2S. The van der Waals surface area contributed by atoms with Gasteiger partial charge in [0.15, 0.2) is 11.5 Å². The lowest BCUT2D eigenvalue weighted by molar-refractivity contribution is 0.174. The van der Waals surface area contributed by atoms with Gasteiger partial charge in [-0.2, -0.15) is 0 Å². The van der Waals surface area contributed by atoms with Crippen molar-refractivity contribution >= 4 is 11.8 Å². The average molecular weight is 265 g/mol. The summed E-state index contributed by atoms with van der Waals surface area (Å²) >= 11 is 2.05. The summed E-state index contributed by atoms with van der Waals surface area (Å²) in [5.41, 5.74) is 1.32. The van der Waals surface area contributed by atoms with Crippen molar-refractivity contribution in [3.8, 4) is 11.5 Å². The van der Waals surface area contributed by atoms with Gasteiger partial charge in [0.1, 0.15) is 0 Å². The third kappa shape index (κ3) is 2.45. The highest BCUT2D eigenvalue weighted by Gasteiger charge is 2.32. The van der Waals surface area contributed by atoms with Crippen LogP contribution in [0.2, 0.25) is 0 Å². The van der Waals surface area contributed by atoms with Gasteiger partial charge < -0.3 is 14.8 Å². The zero-order valence-corrected chi connectivity index (χ0v) is 11.7. The molecule has 0 aromatic heterocycles. The van der Waals surface area contributed by atoms with E-state index in [2.05, 4.69) is 31.3 Å². The van der Waals surface area contributed by atoms with Crippen molar-refractivity contribution in [3.63, 3.8) is 0 Å². The van der Waals surface area contributed by atoms with Crippen molar-refractivity contribution in [1.29, 1.82) is 0 Å². The number of thioether (sulfide) groups is 1. The minimum absolute atomic E-state index is 0.218. The zero-order chi connectivity index (χ0) is 12.6. The summed E-state index contributed by atoms with van der Waals surface area (Å²) in [6, 6.07) is 6.26. The average Bonchev–Trinajstić information content (AvgIpc) is 2.93. The molecular weight excluding hydrogens is 246 g/mol. The first-order valence-electron chi connectivity index (χ1n) is 6.46. The lowest BCUT2D eigenvalue weighted by Crippen LogP contribution is -2.34. The summed E-state index contributed by atoms with van der Waals surface area (Å²) in [6.07, 6.45) is 2.21. The number of ether oxygens (including phenoxy) is 2. The first-order chi connectivity index (χ1) is 8.65. The van der Waals surface area contributed by atoms with Crippen LogP contribution >= 0.6 is 11.8 Å². The molecule has 2 aliphatic rings. The summed E-state index contributed by atoms with van der Waals surface area (Å²) in [4.78, 5) is 0.218. The third-order valence-electron chi connectivity index (χ3n) is 3.55. The van der Waals surface area contributed by atoms with Crippen molar-refractivity contribution in [1.82, 2.24) is 5.32 Å². The van der Waals surface area contributed by atoms with Gasteiger partial charge in [0.25, 0.3) is 0 Å². The second-order valence-electron chi connectivity index (χ2n) is 5.23. The molecule has 1 fully saturated rings. The predicted molar refractivity (Wildman–Crippen MR) is 74.3 cm³/mol. The molecule has 2 atom stereocenters. The van der Waals surface area contributed by atoms with Crippen LogP contribution in [-0.2, 0) is 6.42 Å². The van der Waals surface area contributed by atoms with E-state index in [-0.39, 0.29) is 4.87 Å². The van der Waals surface area contributed by atoms with E-state index in [1.54, 1.807) is 0 Å². The Labute approximate surface area is 112 Å². The Morgan fingerprint density at radius 3 is 3.00 bits per heavy atom. The van der Waals surface area contributed by atoms with Gasteiger partial charge in [0.2, 0.25) is 6.79 Å². The van der Waals surface area contributed by atoms with Crippen molar-refractivity contribution in [3.05, 3.63) is 23.8 Å². The highest BCUT2D eigenvalue weighted by atomic mass is 32.2. The summed E-state index contributed by atoms with van der Waals surface area (Å²) in [6.45, 7) is 6.05. The largest absolute Gasteiger partial charge is 0.454 e. The van der Waals surface area contributed by atoms with Crippen LogP contribution in [0, 0.1) is 0 Å². The van der Waals surface area contributed by atoms with Crippen molar-refractivity contribution < 1.29 is 9.47 Å². The molecule has 2 aliphatic heterocycles. The molecule has 1 aromatic carbocycles. The van der Waals surface area contributed by atoms with Crippen LogP contribution < -0.4 is 14.8 Å². The number of rotatable bonds is 3. The monoisotopic (exact) mass is 265 g/mol. The molecule has 1 aromatic rings. The van der Waals surface area contributed by atoms with Crippen LogP contribution in [0.1, 0.15) is 25.8 Å². The quantitative estimate of drug-likeness (QED) is 0.910. The second kappa shape index (κ2) is 4.67. The van der Waals surface area contributed by atoms with Crippen molar-refractivity contribution in [2.24, 2.45) is 0 Å². The fourth-order valence-corrected chi connectivity index (χ4v) is 3.95. The maximum absolute atomic E-state index is 5.41. The molecule has 1 saturated heterocycles. The zero-order valence-electron chi connectivity index (χ0n) is 10.9. The topological polar surface area (TPSA) is 30.5 Å². The van der Waals surface area contributed by atoms with Gasteiger partial charge in [-0.3, -0.25) is 0 Å². The van der Waals surface area contributed by atoms with Gasteiger partial charge in [-0.05, 0) is 37.5 Å². The van der Waals surface area contributed by atoms with Crippen LogP contribution in [0.25, 0.3) is 0 Å². The summed E-state index contributed by atoms with van der Waals surface area (Å²) in [5, 5.41) is 4.33. The van der Waals surface area contributed by atoms with Crippen molar-refractivity contribution in [2.75, 3.05) is 13.3 Å². The molecule has 0 saturated carbocycles. The Balaban J connectivity index is 1.63. The fourth-order valence-electron chi connectivity index (χ4n) is 2.51. The van der Waals surface area contributed by atoms with Crippen molar-refractivity contribution in [2.45, 2.75) is 36.8 Å². The van der Waals surface area contributed by atoms with Crippen LogP contribution in [-0.4, -0.2) is 23.5 Å². The highest BCUT2D eigenvalue weighted by Crippen LogP contribution is 2.37. The number of nitrogens with one attached hydrogen (secondary N) is 1. The number of aryl methyl sites for hydroxylation is 1. The molecule has 0 radical (unpaired) electrons. The van der Waals surface area contributed by atoms with E-state index >= 15 is 0 Å². The number of hydrogen-bond acceptors (Lipinski definition) is 4. The van der Waals surface area contributed by atoms with Crippen LogP contribution in [0.15, 0.2) is 18.2 Å². The maximum Gasteiger partial charge on any atom is 0.231 e. The molecule has 0 amide bonds. The van der Waals surface area contributed by atoms with Crippen LogP contribution in [0.5, 0.6) is 11.5 Å². The summed E-state index contributed by atoms with van der Waals surface area (Å²) in [5.74, 6) is 1.75. The Bertz CT molecular complexity index is 451. The minimum atomic E-state index is 0.218. The lowest BCUT2D eigenvalue weighted by atomic mass is 10.1. The van der Waals surface area contributed by atoms with E-state index in [0.717, 1.165) is 30.9 Å². The number of fused-ring (bicyclic) bond motifs is 1. The molecule has 18 heavy (non-hydrogen) atoms. The molecule has 2 unspecified atom stereocenters. The number of benzene rings is 1. The molecule has 3 nitrogen and oxygen atoms in total. The Kier molecular flexibility index (Phi) is 3.16. The molecule has 4 heteroatoms. The van der Waals surface area contributed by atoms with E-state index in [9.17, 15) is 0 Å². The van der Waals surface area contributed by atoms with E-state index in [4.69, 9.17) is 9.47 Å². The normalized spacial score (nSPS) is 29.8. The SMILES string of the molecule is CC1CNC(C)(CCc2ccc3c(c2)OCO3)S1. The van der Waals surface area contributed by atoms with Gasteiger partial charge in [-0.15, -0.1) is 11.8 Å². The summed E-state index contributed by atoms with van der Waals surface area (Å²) < 4.78 is 10.7. The Hall–Kier alpha value is -0.870. The second-order valence-corrected chi connectivity index (χ2v) is 7.17. The highest BCUT2D eigenvalue weighted by molar-refractivity contribution is 8.01. The van der Waals surface area contributed by atoms with E-state index < -0.39 is 0 Å². The predicted octanol–water partition coefficient (Wildman–Crippen LogP) is 2.79. The molecule has 98 valence electrons. The Morgan fingerprint density at radius 1 is 1.39 bits per heavy atom. The fraction of sp³-hybridized carbons (Fsp3) is 0.571. The number of hydrogen-bond donors (Lipinski definition) is 1. The molecule has 3 rings (SSSR count). The summed E-state index contributed by atoms with van der Waals surface area (Å²) in [7, 11) is 0. The molecule has 0 aliphatic carbocycles. The standard InChI is InChI=1S/C14H19NO2S/c1-10-8-15-14(2,18-10)6-5-11-3-4-12-13(7-11)17-9-16-12/h3-4,7,10,15H,5-6,8-9H2,1-2H3. The third-order valence-corrected chi connectivity index (χ3v) is 4.99. The molecule has 0 spiro atoms. The Morgan fingerprint density at radius 2 is 2.22 bits per heavy atom. The van der Waals surface area contributed by atoms with Gasteiger partial charge in [-0.1, -0.05) is 13.0 Å². The van der Waals surface area contributed by atoms with Crippen LogP contribution in [0.4, 0.5) is 0 Å². The molecule has 1 N–H and O–H groups in total. The lowest BCUT2D eigenvalue weighted by Gasteiger charge is -2.23.